The number of nitrogens with one attached hydrogen (secondary N) is 1. The average molecular weight is 345 g/mol. The summed E-state index contributed by atoms with van der Waals surface area (Å²) < 4.78 is 0.956. The molecule has 94 valence electrons. The van der Waals surface area contributed by atoms with Crippen molar-refractivity contribution in [3.05, 3.63) is 68.1 Å². The van der Waals surface area contributed by atoms with Gasteiger partial charge in [-0.2, -0.15) is 0 Å². The second-order valence-electron chi connectivity index (χ2n) is 3.95. The highest BCUT2D eigenvalue weighted by molar-refractivity contribution is 9.10. The van der Waals surface area contributed by atoms with Crippen LogP contribution in [0.5, 0.6) is 0 Å². The largest absolute Gasteiger partial charge is 0.309 e. The van der Waals surface area contributed by atoms with Crippen molar-refractivity contribution < 1.29 is 0 Å². The number of rotatable bonds is 3. The van der Waals surface area contributed by atoms with E-state index in [0.717, 1.165) is 20.6 Å². The van der Waals surface area contributed by atoms with E-state index >= 15 is 0 Å². The SMILES string of the molecule is CNC(c1cc(Cl)cc(Br)c1)c1ccccc1Cl. The van der Waals surface area contributed by atoms with Crippen molar-refractivity contribution in [2.24, 2.45) is 0 Å². The molecule has 1 nitrogen and oxygen atoms in total. The van der Waals surface area contributed by atoms with Gasteiger partial charge in [0.25, 0.3) is 0 Å². The number of benzene rings is 2. The van der Waals surface area contributed by atoms with Crippen molar-refractivity contribution in [3.63, 3.8) is 0 Å². The van der Waals surface area contributed by atoms with E-state index in [1.807, 2.05) is 49.5 Å². The molecule has 0 heterocycles. The van der Waals surface area contributed by atoms with Gasteiger partial charge in [0.05, 0.1) is 6.04 Å². The lowest BCUT2D eigenvalue weighted by Crippen LogP contribution is -2.18. The van der Waals surface area contributed by atoms with Crippen LogP contribution < -0.4 is 5.32 Å². The van der Waals surface area contributed by atoms with Crippen LogP contribution >= 0.6 is 39.1 Å². The normalized spacial score (nSPS) is 12.4. The molecular weight excluding hydrogens is 333 g/mol. The Morgan fingerprint density at radius 2 is 1.83 bits per heavy atom. The molecule has 2 aromatic rings. The highest BCUT2D eigenvalue weighted by Crippen LogP contribution is 2.31. The first-order valence-electron chi connectivity index (χ1n) is 5.49. The Bertz CT molecular complexity index is 537. The van der Waals surface area contributed by atoms with E-state index in [4.69, 9.17) is 23.2 Å². The fourth-order valence-electron chi connectivity index (χ4n) is 1.95. The van der Waals surface area contributed by atoms with Gasteiger partial charge >= 0.3 is 0 Å². The Morgan fingerprint density at radius 3 is 2.44 bits per heavy atom. The Balaban J connectivity index is 2.48. The van der Waals surface area contributed by atoms with E-state index in [-0.39, 0.29) is 6.04 Å². The molecule has 1 unspecified atom stereocenters. The summed E-state index contributed by atoms with van der Waals surface area (Å²) in [6.45, 7) is 0. The molecule has 0 aliphatic carbocycles. The molecule has 0 spiro atoms. The van der Waals surface area contributed by atoms with Crippen LogP contribution in [0.1, 0.15) is 17.2 Å². The summed E-state index contributed by atoms with van der Waals surface area (Å²) in [6, 6.07) is 13.7. The van der Waals surface area contributed by atoms with Crippen LogP contribution in [-0.2, 0) is 0 Å². The van der Waals surface area contributed by atoms with Crippen LogP contribution in [0.3, 0.4) is 0 Å². The van der Waals surface area contributed by atoms with Gasteiger partial charge in [0.1, 0.15) is 0 Å². The van der Waals surface area contributed by atoms with Crippen molar-refractivity contribution in [2.75, 3.05) is 7.05 Å². The summed E-state index contributed by atoms with van der Waals surface area (Å²) in [5.74, 6) is 0. The zero-order chi connectivity index (χ0) is 13.1. The van der Waals surface area contributed by atoms with Crippen LogP contribution in [0.2, 0.25) is 10.0 Å². The van der Waals surface area contributed by atoms with E-state index in [1.165, 1.54) is 0 Å². The molecule has 1 atom stereocenters. The third-order valence-electron chi connectivity index (χ3n) is 2.72. The van der Waals surface area contributed by atoms with Gasteiger partial charge < -0.3 is 5.32 Å². The summed E-state index contributed by atoms with van der Waals surface area (Å²) in [5, 5.41) is 4.71. The zero-order valence-corrected chi connectivity index (χ0v) is 12.9. The molecule has 2 aromatic carbocycles. The lowest BCUT2D eigenvalue weighted by atomic mass is 9.99. The first kappa shape index (κ1) is 13.9. The minimum absolute atomic E-state index is 0.0219. The topological polar surface area (TPSA) is 12.0 Å². The summed E-state index contributed by atoms with van der Waals surface area (Å²) >= 11 is 15.8. The molecule has 18 heavy (non-hydrogen) atoms. The molecule has 0 radical (unpaired) electrons. The van der Waals surface area contributed by atoms with E-state index < -0.39 is 0 Å². The minimum Gasteiger partial charge on any atom is -0.309 e. The monoisotopic (exact) mass is 343 g/mol. The van der Waals surface area contributed by atoms with Crippen molar-refractivity contribution >= 4 is 39.1 Å². The van der Waals surface area contributed by atoms with Crippen molar-refractivity contribution in [1.82, 2.24) is 5.32 Å². The van der Waals surface area contributed by atoms with E-state index in [2.05, 4.69) is 21.2 Å². The smallest absolute Gasteiger partial charge is 0.0589 e. The molecule has 0 aliphatic rings. The fraction of sp³-hybridized carbons (Fsp3) is 0.143. The van der Waals surface area contributed by atoms with Crippen molar-refractivity contribution in [1.29, 1.82) is 0 Å². The predicted molar refractivity (Wildman–Crippen MR) is 81.5 cm³/mol. The van der Waals surface area contributed by atoms with Crippen molar-refractivity contribution in [2.45, 2.75) is 6.04 Å². The highest BCUT2D eigenvalue weighted by Gasteiger charge is 2.15. The third-order valence-corrected chi connectivity index (χ3v) is 3.74. The quantitative estimate of drug-likeness (QED) is 0.820. The predicted octanol–water partition coefficient (Wildman–Crippen LogP) is 5.06. The Labute approximate surface area is 125 Å². The maximum Gasteiger partial charge on any atom is 0.0589 e. The maximum atomic E-state index is 6.24. The van der Waals surface area contributed by atoms with Gasteiger partial charge in [-0.25, -0.2) is 0 Å². The van der Waals surface area contributed by atoms with E-state index in [1.54, 1.807) is 0 Å². The molecule has 0 amide bonds. The van der Waals surface area contributed by atoms with Crippen LogP contribution in [-0.4, -0.2) is 7.05 Å². The highest BCUT2D eigenvalue weighted by atomic mass is 79.9. The Kier molecular flexibility index (Phi) is 4.68. The molecular formula is C14H12BrCl2N. The molecule has 0 bridgehead atoms. The van der Waals surface area contributed by atoms with Crippen LogP contribution in [0, 0.1) is 0 Å². The number of hydrogen-bond donors (Lipinski definition) is 1. The molecule has 0 aliphatic heterocycles. The first-order valence-corrected chi connectivity index (χ1v) is 7.04. The summed E-state index contributed by atoms with van der Waals surface area (Å²) in [6.07, 6.45) is 0. The molecule has 4 heteroatoms. The summed E-state index contributed by atoms with van der Waals surface area (Å²) in [4.78, 5) is 0. The third kappa shape index (κ3) is 3.07. The minimum atomic E-state index is 0.0219. The van der Waals surface area contributed by atoms with Gasteiger partial charge in [-0.15, -0.1) is 0 Å². The van der Waals surface area contributed by atoms with Crippen molar-refractivity contribution in [3.8, 4) is 0 Å². The number of halogens is 3. The molecule has 0 saturated heterocycles. The lowest BCUT2D eigenvalue weighted by Gasteiger charge is -2.19. The van der Waals surface area contributed by atoms with Crippen LogP contribution in [0.4, 0.5) is 0 Å². The van der Waals surface area contributed by atoms with Gasteiger partial charge in [0.15, 0.2) is 0 Å². The zero-order valence-electron chi connectivity index (χ0n) is 9.75. The van der Waals surface area contributed by atoms with Gasteiger partial charge in [0, 0.05) is 14.5 Å². The molecule has 0 fully saturated rings. The summed E-state index contributed by atoms with van der Waals surface area (Å²) in [7, 11) is 1.91. The molecule has 0 aromatic heterocycles. The number of hydrogen-bond acceptors (Lipinski definition) is 1. The summed E-state index contributed by atoms with van der Waals surface area (Å²) in [5.41, 5.74) is 2.11. The van der Waals surface area contributed by atoms with Crippen LogP contribution in [0.15, 0.2) is 46.9 Å². The van der Waals surface area contributed by atoms with Gasteiger partial charge in [0.2, 0.25) is 0 Å². The van der Waals surface area contributed by atoms with E-state index in [0.29, 0.717) is 5.02 Å². The molecule has 2 rings (SSSR count). The fourth-order valence-corrected chi connectivity index (χ4v) is 3.08. The van der Waals surface area contributed by atoms with Gasteiger partial charge in [-0.1, -0.05) is 57.3 Å². The molecule has 0 saturated carbocycles. The standard InChI is InChI=1S/C14H12BrCl2N/c1-18-14(12-4-2-3-5-13(12)17)9-6-10(15)8-11(16)7-9/h2-8,14,18H,1H3. The van der Waals surface area contributed by atoms with Gasteiger partial charge in [-0.05, 0) is 42.4 Å². The Hall–Kier alpha value is -0.540. The first-order chi connectivity index (χ1) is 8.61. The lowest BCUT2D eigenvalue weighted by molar-refractivity contribution is 0.692. The maximum absolute atomic E-state index is 6.24. The van der Waals surface area contributed by atoms with E-state index in [9.17, 15) is 0 Å². The average Bonchev–Trinajstić information content (AvgIpc) is 2.31. The van der Waals surface area contributed by atoms with Crippen LogP contribution in [0.25, 0.3) is 0 Å². The Morgan fingerprint density at radius 1 is 1.11 bits per heavy atom. The van der Waals surface area contributed by atoms with Gasteiger partial charge in [-0.3, -0.25) is 0 Å². The second-order valence-corrected chi connectivity index (χ2v) is 5.71. The second kappa shape index (κ2) is 6.07. The molecule has 1 N–H and O–H groups in total.